The zero-order chi connectivity index (χ0) is 11.4. The third-order valence-electron chi connectivity index (χ3n) is 1.84. The molecule has 15 heavy (non-hydrogen) atoms. The SMILES string of the molecule is CC(O)CCN(C)c1nc(N)nc(Cl)n1. The average molecular weight is 232 g/mol. The third kappa shape index (κ3) is 3.85. The minimum atomic E-state index is -0.359. The number of nitrogens with two attached hydrogens (primary N) is 1. The molecule has 0 aliphatic rings. The Morgan fingerprint density at radius 3 is 2.67 bits per heavy atom. The second-order valence-electron chi connectivity index (χ2n) is 3.32. The quantitative estimate of drug-likeness (QED) is 0.776. The fraction of sp³-hybridized carbons (Fsp3) is 0.625. The number of nitrogen functional groups attached to an aromatic ring is 1. The Hall–Kier alpha value is -1.14. The smallest absolute Gasteiger partial charge is 0.231 e. The molecule has 1 atom stereocenters. The molecular weight excluding hydrogens is 218 g/mol. The van der Waals surface area contributed by atoms with Crippen LogP contribution in [0.25, 0.3) is 0 Å². The fourth-order valence-electron chi connectivity index (χ4n) is 1.01. The number of rotatable bonds is 4. The molecule has 1 heterocycles. The molecule has 1 rings (SSSR count). The summed E-state index contributed by atoms with van der Waals surface area (Å²) in [5, 5.41) is 9.20. The maximum absolute atomic E-state index is 9.13. The lowest BCUT2D eigenvalue weighted by Gasteiger charge is -2.17. The molecule has 0 aliphatic carbocycles. The van der Waals surface area contributed by atoms with Gasteiger partial charge in [0.1, 0.15) is 0 Å². The van der Waals surface area contributed by atoms with Gasteiger partial charge in [-0.05, 0) is 24.9 Å². The van der Waals surface area contributed by atoms with Gasteiger partial charge in [-0.25, -0.2) is 0 Å². The molecule has 0 amide bonds. The first-order valence-electron chi connectivity index (χ1n) is 4.55. The average Bonchev–Trinajstić information content (AvgIpc) is 2.12. The summed E-state index contributed by atoms with van der Waals surface area (Å²) >= 11 is 5.64. The Labute approximate surface area is 93.1 Å². The molecule has 0 fully saturated rings. The predicted octanol–water partition coefficient (Wildman–Crippen LogP) is 0.314. The van der Waals surface area contributed by atoms with E-state index >= 15 is 0 Å². The second kappa shape index (κ2) is 5.09. The molecule has 1 unspecified atom stereocenters. The molecule has 0 saturated carbocycles. The highest BCUT2D eigenvalue weighted by molar-refractivity contribution is 6.28. The van der Waals surface area contributed by atoms with E-state index in [1.54, 1.807) is 18.9 Å². The lowest BCUT2D eigenvalue weighted by molar-refractivity contribution is 0.186. The lowest BCUT2D eigenvalue weighted by atomic mass is 10.3. The highest BCUT2D eigenvalue weighted by atomic mass is 35.5. The van der Waals surface area contributed by atoms with Crippen LogP contribution in [0, 0.1) is 0 Å². The van der Waals surface area contributed by atoms with Crippen molar-refractivity contribution in [2.24, 2.45) is 0 Å². The van der Waals surface area contributed by atoms with E-state index < -0.39 is 0 Å². The largest absolute Gasteiger partial charge is 0.393 e. The zero-order valence-corrected chi connectivity index (χ0v) is 9.44. The van der Waals surface area contributed by atoms with Crippen LogP contribution >= 0.6 is 11.6 Å². The summed E-state index contributed by atoms with van der Waals surface area (Å²) in [6, 6.07) is 0. The summed E-state index contributed by atoms with van der Waals surface area (Å²) in [4.78, 5) is 13.3. The van der Waals surface area contributed by atoms with Gasteiger partial charge < -0.3 is 15.7 Å². The molecule has 6 nitrogen and oxygen atoms in total. The fourth-order valence-corrected chi connectivity index (χ4v) is 1.17. The molecule has 0 aliphatic heterocycles. The van der Waals surface area contributed by atoms with Crippen molar-refractivity contribution < 1.29 is 5.11 Å². The number of anilines is 2. The normalized spacial score (nSPS) is 12.5. The van der Waals surface area contributed by atoms with Crippen molar-refractivity contribution in [1.82, 2.24) is 15.0 Å². The minimum absolute atomic E-state index is 0.0707. The van der Waals surface area contributed by atoms with Gasteiger partial charge in [0.05, 0.1) is 6.10 Å². The van der Waals surface area contributed by atoms with E-state index in [-0.39, 0.29) is 17.3 Å². The maximum Gasteiger partial charge on any atom is 0.231 e. The lowest BCUT2D eigenvalue weighted by Crippen LogP contribution is -2.24. The third-order valence-corrected chi connectivity index (χ3v) is 2.01. The first-order chi connectivity index (χ1) is 6.99. The van der Waals surface area contributed by atoms with Crippen molar-refractivity contribution in [2.45, 2.75) is 19.4 Å². The van der Waals surface area contributed by atoms with Gasteiger partial charge in [-0.1, -0.05) is 0 Å². The van der Waals surface area contributed by atoms with Gasteiger partial charge in [0.2, 0.25) is 17.2 Å². The van der Waals surface area contributed by atoms with Crippen LogP contribution in [-0.2, 0) is 0 Å². The predicted molar refractivity (Wildman–Crippen MR) is 58.8 cm³/mol. The molecule has 7 heteroatoms. The summed E-state index contributed by atoms with van der Waals surface area (Å²) in [5.41, 5.74) is 5.43. The van der Waals surface area contributed by atoms with Gasteiger partial charge in [0.25, 0.3) is 0 Å². The van der Waals surface area contributed by atoms with Gasteiger partial charge in [0.15, 0.2) is 0 Å². The molecular formula is C8H14ClN5O. The van der Waals surface area contributed by atoms with E-state index in [0.29, 0.717) is 18.9 Å². The van der Waals surface area contributed by atoms with Crippen LogP contribution in [-0.4, -0.2) is 39.8 Å². The summed E-state index contributed by atoms with van der Waals surface area (Å²) in [6.45, 7) is 2.35. The highest BCUT2D eigenvalue weighted by Crippen LogP contribution is 2.11. The van der Waals surface area contributed by atoms with Crippen LogP contribution in [0.3, 0.4) is 0 Å². The molecule has 0 saturated heterocycles. The van der Waals surface area contributed by atoms with Crippen molar-refractivity contribution in [1.29, 1.82) is 0 Å². The maximum atomic E-state index is 9.13. The minimum Gasteiger partial charge on any atom is -0.393 e. The van der Waals surface area contributed by atoms with Gasteiger partial charge in [-0.15, -0.1) is 0 Å². The number of hydrogen-bond donors (Lipinski definition) is 2. The molecule has 1 aromatic heterocycles. The Morgan fingerprint density at radius 1 is 1.47 bits per heavy atom. The van der Waals surface area contributed by atoms with Gasteiger partial charge >= 0.3 is 0 Å². The molecule has 84 valence electrons. The molecule has 1 aromatic rings. The number of nitrogens with zero attached hydrogens (tertiary/aromatic N) is 4. The number of hydrogen-bond acceptors (Lipinski definition) is 6. The topological polar surface area (TPSA) is 88.2 Å². The van der Waals surface area contributed by atoms with Gasteiger partial charge in [-0.3, -0.25) is 0 Å². The number of aromatic nitrogens is 3. The summed E-state index contributed by atoms with van der Waals surface area (Å²) in [5.74, 6) is 0.502. The van der Waals surface area contributed by atoms with Gasteiger partial charge in [-0.2, -0.15) is 15.0 Å². The van der Waals surface area contributed by atoms with E-state index in [4.69, 9.17) is 22.4 Å². The second-order valence-corrected chi connectivity index (χ2v) is 3.66. The van der Waals surface area contributed by atoms with E-state index in [1.807, 2.05) is 0 Å². The van der Waals surface area contributed by atoms with Crippen LogP contribution in [0.15, 0.2) is 0 Å². The van der Waals surface area contributed by atoms with E-state index in [0.717, 1.165) is 0 Å². The Morgan fingerprint density at radius 2 is 2.13 bits per heavy atom. The number of halogens is 1. The van der Waals surface area contributed by atoms with E-state index in [1.165, 1.54) is 0 Å². The van der Waals surface area contributed by atoms with E-state index in [9.17, 15) is 0 Å². The van der Waals surface area contributed by atoms with Crippen molar-refractivity contribution in [3.63, 3.8) is 0 Å². The van der Waals surface area contributed by atoms with Crippen LogP contribution < -0.4 is 10.6 Å². The van der Waals surface area contributed by atoms with Crippen LogP contribution in [0.1, 0.15) is 13.3 Å². The number of aliphatic hydroxyl groups excluding tert-OH is 1. The summed E-state index contributed by atoms with van der Waals surface area (Å²) in [7, 11) is 1.80. The molecule has 0 spiro atoms. The molecule has 3 N–H and O–H groups in total. The zero-order valence-electron chi connectivity index (χ0n) is 8.68. The highest BCUT2D eigenvalue weighted by Gasteiger charge is 2.08. The van der Waals surface area contributed by atoms with Crippen molar-refractivity contribution in [3.05, 3.63) is 5.28 Å². The first kappa shape index (κ1) is 11.9. The molecule has 0 radical (unpaired) electrons. The van der Waals surface area contributed by atoms with E-state index in [2.05, 4.69) is 15.0 Å². The van der Waals surface area contributed by atoms with Crippen molar-refractivity contribution in [3.8, 4) is 0 Å². The van der Waals surface area contributed by atoms with Crippen LogP contribution in [0.4, 0.5) is 11.9 Å². The Kier molecular flexibility index (Phi) is 4.05. The van der Waals surface area contributed by atoms with Crippen LogP contribution in [0.5, 0.6) is 0 Å². The van der Waals surface area contributed by atoms with Gasteiger partial charge in [0, 0.05) is 13.6 Å². The van der Waals surface area contributed by atoms with Crippen LogP contribution in [0.2, 0.25) is 5.28 Å². The van der Waals surface area contributed by atoms with Crippen molar-refractivity contribution >= 4 is 23.5 Å². The Balaban J connectivity index is 2.68. The summed E-state index contributed by atoms with van der Waals surface area (Å²) < 4.78 is 0. The Bertz CT molecular complexity index is 313. The standard InChI is InChI=1S/C8H14ClN5O/c1-5(15)3-4-14(2)8-12-6(9)11-7(10)13-8/h5,15H,3-4H2,1-2H3,(H2,10,11,12,13). The van der Waals surface area contributed by atoms with Crippen molar-refractivity contribution in [2.75, 3.05) is 24.2 Å². The molecule has 0 aromatic carbocycles. The molecule has 0 bridgehead atoms. The first-order valence-corrected chi connectivity index (χ1v) is 4.93. The monoisotopic (exact) mass is 231 g/mol. The summed E-state index contributed by atoms with van der Waals surface area (Å²) in [6.07, 6.45) is 0.266. The number of aliphatic hydroxyl groups is 1.